The van der Waals surface area contributed by atoms with Crippen LogP contribution >= 0.6 is 11.6 Å². The Morgan fingerprint density at radius 3 is 2.52 bits per heavy atom. The van der Waals surface area contributed by atoms with Crippen molar-refractivity contribution < 1.29 is 27.5 Å². The molecule has 1 amide bonds. The standard InChI is InChI=1S/C19H21ClN2O6S/c1-4-28-15-7-5-6-14(11-15)22(29(3,25)26)12-18(23)21-17-10-13(19(24)27-2)8-9-16(17)20/h5-11H,4,12H2,1-3H3,(H,21,23). The second-order valence-electron chi connectivity index (χ2n) is 5.93. The van der Waals surface area contributed by atoms with Crippen molar-refractivity contribution >= 4 is 44.9 Å². The number of anilines is 2. The zero-order valence-corrected chi connectivity index (χ0v) is 17.7. The molecular formula is C19H21ClN2O6S. The summed E-state index contributed by atoms with van der Waals surface area (Å²) < 4.78 is 35.5. The zero-order valence-electron chi connectivity index (χ0n) is 16.1. The molecule has 0 aliphatic carbocycles. The quantitative estimate of drug-likeness (QED) is 0.633. The number of ether oxygens (including phenoxy) is 2. The minimum absolute atomic E-state index is 0.163. The lowest BCUT2D eigenvalue weighted by Gasteiger charge is -2.22. The maximum atomic E-state index is 12.5. The summed E-state index contributed by atoms with van der Waals surface area (Å²) in [6.45, 7) is 1.73. The first-order valence-electron chi connectivity index (χ1n) is 8.54. The summed E-state index contributed by atoms with van der Waals surface area (Å²) in [5.41, 5.74) is 0.635. The van der Waals surface area contributed by atoms with Gasteiger partial charge in [-0.25, -0.2) is 13.2 Å². The first kappa shape index (κ1) is 22.5. The van der Waals surface area contributed by atoms with Crippen LogP contribution in [0.3, 0.4) is 0 Å². The number of methoxy groups -OCH3 is 1. The van der Waals surface area contributed by atoms with Crippen LogP contribution in [0.4, 0.5) is 11.4 Å². The normalized spacial score (nSPS) is 10.9. The van der Waals surface area contributed by atoms with Crippen LogP contribution in [0.25, 0.3) is 0 Å². The van der Waals surface area contributed by atoms with E-state index in [2.05, 4.69) is 10.1 Å². The Kier molecular flexibility index (Phi) is 7.46. The molecule has 0 bridgehead atoms. The molecule has 0 aliphatic rings. The van der Waals surface area contributed by atoms with Crippen molar-refractivity contribution in [2.24, 2.45) is 0 Å². The Bertz CT molecular complexity index is 1010. The van der Waals surface area contributed by atoms with Crippen LogP contribution < -0.4 is 14.4 Å². The minimum Gasteiger partial charge on any atom is -0.494 e. The second kappa shape index (κ2) is 9.62. The van der Waals surface area contributed by atoms with Crippen molar-refractivity contribution in [3.8, 4) is 5.75 Å². The highest BCUT2D eigenvalue weighted by Gasteiger charge is 2.22. The lowest BCUT2D eigenvalue weighted by Crippen LogP contribution is -2.37. The van der Waals surface area contributed by atoms with Gasteiger partial charge in [-0.2, -0.15) is 0 Å². The highest BCUT2D eigenvalue weighted by molar-refractivity contribution is 7.92. The lowest BCUT2D eigenvalue weighted by molar-refractivity contribution is -0.114. The minimum atomic E-state index is -3.76. The molecular weight excluding hydrogens is 420 g/mol. The van der Waals surface area contributed by atoms with Crippen molar-refractivity contribution in [1.82, 2.24) is 0 Å². The maximum absolute atomic E-state index is 12.5. The Hall–Kier alpha value is -2.78. The van der Waals surface area contributed by atoms with Crippen molar-refractivity contribution in [3.05, 3.63) is 53.1 Å². The van der Waals surface area contributed by atoms with Crippen molar-refractivity contribution in [2.45, 2.75) is 6.92 Å². The largest absolute Gasteiger partial charge is 0.494 e. The van der Waals surface area contributed by atoms with Crippen LogP contribution in [0.2, 0.25) is 5.02 Å². The molecule has 0 saturated carbocycles. The van der Waals surface area contributed by atoms with Gasteiger partial charge in [0.2, 0.25) is 15.9 Å². The topological polar surface area (TPSA) is 102 Å². The third kappa shape index (κ3) is 6.10. The number of hydrogen-bond acceptors (Lipinski definition) is 6. The predicted molar refractivity (Wildman–Crippen MR) is 111 cm³/mol. The highest BCUT2D eigenvalue weighted by Crippen LogP contribution is 2.25. The summed E-state index contributed by atoms with van der Waals surface area (Å²) >= 11 is 6.07. The van der Waals surface area contributed by atoms with Gasteiger partial charge in [-0.3, -0.25) is 9.10 Å². The summed E-state index contributed by atoms with van der Waals surface area (Å²) in [6, 6.07) is 10.6. The molecule has 2 aromatic rings. The van der Waals surface area contributed by atoms with E-state index < -0.39 is 28.4 Å². The number of nitrogens with one attached hydrogen (secondary N) is 1. The summed E-state index contributed by atoms with van der Waals surface area (Å²) in [5, 5.41) is 2.72. The summed E-state index contributed by atoms with van der Waals surface area (Å²) in [4.78, 5) is 24.2. The number of halogens is 1. The lowest BCUT2D eigenvalue weighted by atomic mass is 10.2. The van der Waals surface area contributed by atoms with Crippen molar-refractivity contribution in [2.75, 3.05) is 36.1 Å². The summed E-state index contributed by atoms with van der Waals surface area (Å²) in [7, 11) is -2.53. The highest BCUT2D eigenvalue weighted by atomic mass is 35.5. The van der Waals surface area contributed by atoms with Gasteiger partial charge in [-0.05, 0) is 37.3 Å². The van der Waals surface area contributed by atoms with E-state index in [1.807, 2.05) is 0 Å². The van der Waals surface area contributed by atoms with E-state index in [4.69, 9.17) is 16.3 Å². The number of hydrogen-bond donors (Lipinski definition) is 1. The van der Waals surface area contributed by atoms with Gasteiger partial charge in [0.05, 0.1) is 41.9 Å². The Morgan fingerprint density at radius 2 is 1.90 bits per heavy atom. The van der Waals surface area contributed by atoms with E-state index in [-0.39, 0.29) is 22.0 Å². The Labute approximate surface area is 174 Å². The molecule has 0 aliphatic heterocycles. The van der Waals surface area contributed by atoms with Gasteiger partial charge >= 0.3 is 5.97 Å². The van der Waals surface area contributed by atoms with Crippen LogP contribution in [0.15, 0.2) is 42.5 Å². The molecule has 0 heterocycles. The third-order valence-electron chi connectivity index (χ3n) is 3.77. The first-order chi connectivity index (χ1) is 13.7. The number of amides is 1. The van der Waals surface area contributed by atoms with Gasteiger partial charge in [0.15, 0.2) is 0 Å². The molecule has 0 spiro atoms. The molecule has 0 atom stereocenters. The van der Waals surface area contributed by atoms with Crippen LogP contribution in [0.1, 0.15) is 17.3 Å². The molecule has 0 saturated heterocycles. The van der Waals surface area contributed by atoms with E-state index in [9.17, 15) is 18.0 Å². The zero-order chi connectivity index (χ0) is 21.6. The van der Waals surface area contributed by atoms with Crippen molar-refractivity contribution in [3.63, 3.8) is 0 Å². The van der Waals surface area contributed by atoms with E-state index in [0.29, 0.717) is 12.4 Å². The number of sulfonamides is 1. The summed E-state index contributed by atoms with van der Waals surface area (Å²) in [5.74, 6) is -0.753. The fourth-order valence-corrected chi connectivity index (χ4v) is 3.49. The SMILES string of the molecule is CCOc1cccc(N(CC(=O)Nc2cc(C(=O)OC)ccc2Cl)S(C)(=O)=O)c1. The van der Waals surface area contributed by atoms with Crippen molar-refractivity contribution in [1.29, 1.82) is 0 Å². The average molecular weight is 441 g/mol. The van der Waals surface area contributed by atoms with Crippen LogP contribution in [0, 0.1) is 0 Å². The third-order valence-corrected chi connectivity index (χ3v) is 5.24. The molecule has 0 aromatic heterocycles. The fourth-order valence-electron chi connectivity index (χ4n) is 2.48. The fraction of sp³-hybridized carbons (Fsp3) is 0.263. The Balaban J connectivity index is 2.26. The second-order valence-corrected chi connectivity index (χ2v) is 8.25. The molecule has 0 fully saturated rings. The molecule has 0 unspecified atom stereocenters. The molecule has 2 aromatic carbocycles. The van der Waals surface area contributed by atoms with E-state index in [0.717, 1.165) is 10.6 Å². The number of rotatable bonds is 8. The molecule has 2 rings (SSSR count). The molecule has 8 nitrogen and oxygen atoms in total. The van der Waals surface area contributed by atoms with E-state index in [1.54, 1.807) is 25.1 Å². The van der Waals surface area contributed by atoms with Gasteiger partial charge in [-0.1, -0.05) is 17.7 Å². The average Bonchev–Trinajstić information content (AvgIpc) is 2.67. The predicted octanol–water partition coefficient (Wildman–Crippen LogP) is 2.93. The van der Waals surface area contributed by atoms with Gasteiger partial charge in [0.25, 0.3) is 0 Å². The van der Waals surface area contributed by atoms with E-state index in [1.165, 1.54) is 31.4 Å². The molecule has 156 valence electrons. The molecule has 0 radical (unpaired) electrons. The Morgan fingerprint density at radius 1 is 1.17 bits per heavy atom. The smallest absolute Gasteiger partial charge is 0.337 e. The molecule has 29 heavy (non-hydrogen) atoms. The number of benzene rings is 2. The maximum Gasteiger partial charge on any atom is 0.337 e. The number of nitrogens with zero attached hydrogens (tertiary/aromatic N) is 1. The summed E-state index contributed by atoms with van der Waals surface area (Å²) in [6.07, 6.45) is 0.998. The van der Waals surface area contributed by atoms with E-state index >= 15 is 0 Å². The van der Waals surface area contributed by atoms with Gasteiger partial charge in [0.1, 0.15) is 12.3 Å². The number of carbonyl (C=O) groups excluding carboxylic acids is 2. The monoisotopic (exact) mass is 440 g/mol. The first-order valence-corrected chi connectivity index (χ1v) is 10.8. The van der Waals surface area contributed by atoms with Gasteiger partial charge in [-0.15, -0.1) is 0 Å². The van der Waals surface area contributed by atoms with Crippen LogP contribution in [-0.2, 0) is 19.6 Å². The van der Waals surface area contributed by atoms with Gasteiger partial charge < -0.3 is 14.8 Å². The number of esters is 1. The number of carbonyl (C=O) groups is 2. The molecule has 10 heteroatoms. The molecule has 1 N–H and O–H groups in total. The van der Waals surface area contributed by atoms with Gasteiger partial charge in [0, 0.05) is 6.07 Å². The van der Waals surface area contributed by atoms with Crippen LogP contribution in [-0.4, -0.2) is 46.8 Å². The van der Waals surface area contributed by atoms with Crippen LogP contribution in [0.5, 0.6) is 5.75 Å².